The number of fused-ring (bicyclic) bond motifs is 3. The molecule has 0 spiro atoms. The topological polar surface area (TPSA) is 27.7 Å². The van der Waals surface area contributed by atoms with Crippen LogP contribution in [0.4, 0.5) is 0 Å². The summed E-state index contributed by atoms with van der Waals surface area (Å²) in [4.78, 5) is 0. The molecule has 11 aromatic rings. The van der Waals surface area contributed by atoms with Gasteiger partial charge in [-0.3, -0.25) is 0 Å². The fourth-order valence-corrected chi connectivity index (χ4v) is 10.2. The molecular weight excluding hydrogens is 757 g/mol. The SMILES string of the molecule is COc1ccc(-c2cc3cc(C(C)(C)C)cc4ccc5c6c(cc2c5c43)cc2c(-c3ccc(OC)cc3)cc3cc(C(C)(C)C)cc4cc(-c5ccc(OC)cc5)c6c2c34)cc1. The molecule has 304 valence electrons. The minimum atomic E-state index is -0.0429. The molecule has 3 nitrogen and oxygen atoms in total. The van der Waals surface area contributed by atoms with Crippen LogP contribution in [-0.4, -0.2) is 21.3 Å². The number of benzene rings is 11. The lowest BCUT2D eigenvalue weighted by atomic mass is 9.78. The van der Waals surface area contributed by atoms with Crippen molar-refractivity contribution in [1.29, 1.82) is 0 Å². The van der Waals surface area contributed by atoms with E-state index in [9.17, 15) is 0 Å². The van der Waals surface area contributed by atoms with Gasteiger partial charge in [0.15, 0.2) is 0 Å². The second-order valence-electron chi connectivity index (χ2n) is 19.2. The Morgan fingerprint density at radius 2 is 0.661 bits per heavy atom. The van der Waals surface area contributed by atoms with Gasteiger partial charge in [-0.2, -0.15) is 0 Å². The molecule has 0 aliphatic heterocycles. The zero-order valence-electron chi connectivity index (χ0n) is 37.0. The average Bonchev–Trinajstić information content (AvgIpc) is 3.28. The van der Waals surface area contributed by atoms with E-state index in [1.807, 2.05) is 0 Å². The Morgan fingerprint density at radius 1 is 0.290 bits per heavy atom. The molecule has 11 rings (SSSR count). The maximum atomic E-state index is 5.70. The van der Waals surface area contributed by atoms with Gasteiger partial charge in [0.25, 0.3) is 0 Å². The second kappa shape index (κ2) is 13.6. The van der Waals surface area contributed by atoms with Gasteiger partial charge in [-0.1, -0.05) is 114 Å². The molecule has 0 aromatic heterocycles. The van der Waals surface area contributed by atoms with Crippen molar-refractivity contribution in [2.24, 2.45) is 0 Å². The number of methoxy groups -OCH3 is 3. The Bertz CT molecular complexity index is 3520. The van der Waals surface area contributed by atoms with Gasteiger partial charge in [0.1, 0.15) is 17.2 Å². The lowest BCUT2D eigenvalue weighted by Crippen LogP contribution is -2.11. The molecule has 0 fully saturated rings. The van der Waals surface area contributed by atoms with Crippen molar-refractivity contribution in [2.75, 3.05) is 21.3 Å². The fourth-order valence-electron chi connectivity index (χ4n) is 10.2. The van der Waals surface area contributed by atoms with E-state index in [1.165, 1.54) is 109 Å². The first kappa shape index (κ1) is 38.1. The van der Waals surface area contributed by atoms with Crippen LogP contribution in [0.5, 0.6) is 17.2 Å². The van der Waals surface area contributed by atoms with Crippen molar-refractivity contribution in [3.63, 3.8) is 0 Å². The van der Waals surface area contributed by atoms with E-state index in [0.29, 0.717) is 0 Å². The van der Waals surface area contributed by atoms with Crippen LogP contribution in [0.2, 0.25) is 0 Å². The first-order valence-corrected chi connectivity index (χ1v) is 21.7. The normalized spacial score (nSPS) is 12.6. The Balaban J connectivity index is 1.39. The molecule has 0 heterocycles. The van der Waals surface area contributed by atoms with Gasteiger partial charge in [0.2, 0.25) is 0 Å². The second-order valence-corrected chi connectivity index (χ2v) is 19.2. The predicted octanol–water partition coefficient (Wildman–Crippen LogP) is 16.3. The molecule has 0 saturated carbocycles. The summed E-state index contributed by atoms with van der Waals surface area (Å²) in [5.41, 5.74) is 9.73. The zero-order chi connectivity index (χ0) is 42.8. The Morgan fingerprint density at radius 3 is 1.10 bits per heavy atom. The van der Waals surface area contributed by atoms with E-state index in [2.05, 4.69) is 181 Å². The van der Waals surface area contributed by atoms with E-state index in [1.54, 1.807) is 21.3 Å². The summed E-state index contributed by atoms with van der Waals surface area (Å²) in [6.07, 6.45) is 0. The lowest BCUT2D eigenvalue weighted by Gasteiger charge is -2.25. The summed E-state index contributed by atoms with van der Waals surface area (Å²) in [6.45, 7) is 13.9. The zero-order valence-corrected chi connectivity index (χ0v) is 37.0. The van der Waals surface area contributed by atoms with Crippen LogP contribution in [0.15, 0.2) is 140 Å². The summed E-state index contributed by atoms with van der Waals surface area (Å²) in [6, 6.07) is 52.6. The van der Waals surface area contributed by atoms with Crippen molar-refractivity contribution in [2.45, 2.75) is 52.4 Å². The molecule has 0 aliphatic carbocycles. The number of hydrogen-bond acceptors (Lipinski definition) is 3. The van der Waals surface area contributed by atoms with Gasteiger partial charge >= 0.3 is 0 Å². The van der Waals surface area contributed by atoms with E-state index in [-0.39, 0.29) is 10.8 Å². The molecule has 62 heavy (non-hydrogen) atoms. The quantitative estimate of drug-likeness (QED) is 0.124. The number of rotatable bonds is 6. The summed E-state index contributed by atoms with van der Waals surface area (Å²) >= 11 is 0. The van der Waals surface area contributed by atoms with Gasteiger partial charge in [0.05, 0.1) is 21.3 Å². The van der Waals surface area contributed by atoms with E-state index < -0.39 is 0 Å². The Labute approximate surface area is 363 Å². The maximum Gasteiger partial charge on any atom is 0.118 e. The highest BCUT2D eigenvalue weighted by Crippen LogP contribution is 2.52. The molecule has 0 aliphatic rings. The summed E-state index contributed by atoms with van der Waals surface area (Å²) in [7, 11) is 5.20. The van der Waals surface area contributed by atoms with Gasteiger partial charge in [-0.25, -0.2) is 0 Å². The minimum absolute atomic E-state index is 0.00815. The summed E-state index contributed by atoms with van der Waals surface area (Å²) in [5.74, 6) is 2.54. The molecule has 0 N–H and O–H groups in total. The number of hydrogen-bond donors (Lipinski definition) is 0. The molecular formula is C59H50O3. The predicted molar refractivity (Wildman–Crippen MR) is 265 cm³/mol. The molecule has 0 unspecified atom stereocenters. The largest absolute Gasteiger partial charge is 0.497 e. The summed E-state index contributed by atoms with van der Waals surface area (Å²) < 4.78 is 17.0. The van der Waals surface area contributed by atoms with E-state index in [4.69, 9.17) is 14.2 Å². The van der Waals surface area contributed by atoms with Crippen LogP contribution >= 0.6 is 0 Å². The molecule has 0 radical (unpaired) electrons. The molecule has 0 amide bonds. The monoisotopic (exact) mass is 806 g/mol. The standard InChI is InChI=1S/C59H50O3/c1-58(2,3)41-24-36-16-23-46-54-40(31-50-47(28-37(25-41)52(36)55(46)50)33-10-17-43(60-7)18-11-33)32-51-48(34-12-19-44(61-8)20-13-34)29-38-26-42(59(4,5)6)27-39-30-49(56(54)57(51)53(38)39)35-14-21-45(62-9)22-15-35/h10-32H,1-9H3. The highest BCUT2D eigenvalue weighted by molar-refractivity contribution is 6.41. The van der Waals surface area contributed by atoms with Crippen LogP contribution in [0.3, 0.4) is 0 Å². The smallest absolute Gasteiger partial charge is 0.118 e. The Kier molecular flexibility index (Phi) is 8.35. The maximum absolute atomic E-state index is 5.70. The van der Waals surface area contributed by atoms with Gasteiger partial charge in [0, 0.05) is 0 Å². The van der Waals surface area contributed by atoms with Crippen LogP contribution < -0.4 is 14.2 Å². The van der Waals surface area contributed by atoms with Crippen molar-refractivity contribution < 1.29 is 14.2 Å². The van der Waals surface area contributed by atoms with Crippen LogP contribution in [0.1, 0.15) is 52.7 Å². The van der Waals surface area contributed by atoms with E-state index in [0.717, 1.165) is 28.4 Å². The average molecular weight is 807 g/mol. The van der Waals surface area contributed by atoms with Gasteiger partial charge in [-0.05, 0) is 197 Å². The third kappa shape index (κ3) is 5.78. The number of ether oxygens (including phenoxy) is 3. The van der Waals surface area contributed by atoms with Crippen molar-refractivity contribution in [1.82, 2.24) is 0 Å². The first-order chi connectivity index (χ1) is 29.8. The van der Waals surface area contributed by atoms with E-state index >= 15 is 0 Å². The molecule has 0 atom stereocenters. The van der Waals surface area contributed by atoms with Crippen molar-refractivity contribution >= 4 is 75.4 Å². The highest BCUT2D eigenvalue weighted by Gasteiger charge is 2.26. The lowest BCUT2D eigenvalue weighted by molar-refractivity contribution is 0.415. The van der Waals surface area contributed by atoms with Gasteiger partial charge < -0.3 is 14.2 Å². The summed E-state index contributed by atoms with van der Waals surface area (Å²) in [5, 5.41) is 17.8. The third-order valence-electron chi connectivity index (χ3n) is 13.5. The highest BCUT2D eigenvalue weighted by atomic mass is 16.5. The van der Waals surface area contributed by atoms with Crippen LogP contribution in [0, 0.1) is 0 Å². The van der Waals surface area contributed by atoms with Gasteiger partial charge in [-0.15, -0.1) is 0 Å². The molecule has 0 saturated heterocycles. The van der Waals surface area contributed by atoms with Crippen molar-refractivity contribution in [3.8, 4) is 50.6 Å². The Hall–Kier alpha value is -6.84. The van der Waals surface area contributed by atoms with Crippen molar-refractivity contribution in [3.05, 3.63) is 151 Å². The van der Waals surface area contributed by atoms with Crippen LogP contribution in [0.25, 0.3) is 109 Å². The minimum Gasteiger partial charge on any atom is -0.497 e. The third-order valence-corrected chi connectivity index (χ3v) is 13.5. The fraction of sp³-hybridized carbons (Fsp3) is 0.186. The van der Waals surface area contributed by atoms with Crippen LogP contribution in [-0.2, 0) is 10.8 Å². The first-order valence-electron chi connectivity index (χ1n) is 21.7. The molecule has 11 aromatic carbocycles. The molecule has 0 bridgehead atoms. The molecule has 3 heteroatoms.